The van der Waals surface area contributed by atoms with E-state index in [1.54, 1.807) is 7.11 Å². The summed E-state index contributed by atoms with van der Waals surface area (Å²) in [6, 6.07) is 6.56. The van der Waals surface area contributed by atoms with Crippen molar-refractivity contribution in [2.24, 2.45) is 0 Å². The van der Waals surface area contributed by atoms with E-state index in [-0.39, 0.29) is 0 Å². The van der Waals surface area contributed by atoms with Gasteiger partial charge in [-0.1, -0.05) is 25.1 Å². The quantitative estimate of drug-likeness (QED) is 0.839. The lowest BCUT2D eigenvalue weighted by molar-refractivity contribution is 0.392. The van der Waals surface area contributed by atoms with E-state index in [2.05, 4.69) is 25.1 Å². The summed E-state index contributed by atoms with van der Waals surface area (Å²) >= 11 is 0. The summed E-state index contributed by atoms with van der Waals surface area (Å²) in [6.07, 6.45) is 2.03. The molecule has 0 aliphatic carbocycles. The second-order valence-electron chi connectivity index (χ2n) is 3.99. The first-order valence-electron chi connectivity index (χ1n) is 5.34. The smallest absolute Gasteiger partial charge is 0.0629 e. The molecule has 0 fully saturated rings. The molecule has 0 spiro atoms. The highest BCUT2D eigenvalue weighted by Gasteiger charge is 2.23. The molecule has 15 heavy (non-hydrogen) atoms. The van der Waals surface area contributed by atoms with Crippen molar-refractivity contribution in [3.05, 3.63) is 34.9 Å². The van der Waals surface area contributed by atoms with Crippen LogP contribution in [0.5, 0.6) is 0 Å². The zero-order valence-corrected chi connectivity index (χ0v) is 10.1. The molecule has 0 saturated heterocycles. The third kappa shape index (κ3) is 2.19. The molecule has 1 heterocycles. The second kappa shape index (κ2) is 4.16. The van der Waals surface area contributed by atoms with Crippen LogP contribution in [0.2, 0.25) is 0 Å². The molecule has 1 aromatic carbocycles. The zero-order chi connectivity index (χ0) is 10.9. The van der Waals surface area contributed by atoms with Gasteiger partial charge in [-0.05, 0) is 29.5 Å². The predicted octanol–water partition coefficient (Wildman–Crippen LogP) is 3.14. The number of hydrogen-bond donors (Lipinski definition) is 1. The van der Waals surface area contributed by atoms with E-state index in [1.165, 1.54) is 16.7 Å². The van der Waals surface area contributed by atoms with Crippen molar-refractivity contribution in [2.75, 3.05) is 12.9 Å². The first-order chi connectivity index (χ1) is 7.17. The lowest BCUT2D eigenvalue weighted by Gasteiger charge is -2.40. The molecule has 3 heteroatoms. The minimum Gasteiger partial charge on any atom is -0.299 e. The van der Waals surface area contributed by atoms with Crippen molar-refractivity contribution >= 4 is 10.6 Å². The summed E-state index contributed by atoms with van der Waals surface area (Å²) in [6.45, 7) is 2.17. The van der Waals surface area contributed by atoms with E-state index in [4.69, 9.17) is 4.18 Å². The molecule has 2 nitrogen and oxygen atoms in total. The molecule has 2 rings (SSSR count). The number of aryl methyl sites for hydroxylation is 2. The van der Waals surface area contributed by atoms with Crippen molar-refractivity contribution in [3.63, 3.8) is 0 Å². The van der Waals surface area contributed by atoms with Gasteiger partial charge in [0.05, 0.1) is 12.9 Å². The predicted molar refractivity (Wildman–Crippen MR) is 65.3 cm³/mol. The molecule has 84 valence electrons. The fourth-order valence-corrected chi connectivity index (χ4v) is 3.73. The summed E-state index contributed by atoms with van der Waals surface area (Å²) in [5, 5.41) is 0. The topological polar surface area (TPSA) is 29.5 Å². The minimum absolute atomic E-state index is 0.697. The molecule has 1 aliphatic rings. The molecule has 1 unspecified atom stereocenters. The van der Waals surface area contributed by atoms with E-state index in [1.807, 2.05) is 0 Å². The van der Waals surface area contributed by atoms with Gasteiger partial charge in [-0.2, -0.15) is 10.6 Å². The Balaban J connectivity index is 2.28. The van der Waals surface area contributed by atoms with Gasteiger partial charge < -0.3 is 0 Å². The molecule has 1 aromatic rings. The van der Waals surface area contributed by atoms with Crippen molar-refractivity contribution in [1.82, 2.24) is 0 Å². The molecular weight excluding hydrogens is 208 g/mol. The SMILES string of the molecule is CCc1ccc2c(c1)CCS(O)(OC)C2. The average molecular weight is 226 g/mol. The maximum atomic E-state index is 10.1. The van der Waals surface area contributed by atoms with Gasteiger partial charge in [0.25, 0.3) is 0 Å². The molecule has 1 N–H and O–H groups in total. The van der Waals surface area contributed by atoms with Crippen LogP contribution in [-0.2, 0) is 22.8 Å². The van der Waals surface area contributed by atoms with E-state index in [0.29, 0.717) is 5.75 Å². The highest BCUT2D eigenvalue weighted by atomic mass is 32.3. The van der Waals surface area contributed by atoms with Gasteiger partial charge >= 0.3 is 0 Å². The van der Waals surface area contributed by atoms with Gasteiger partial charge in [-0.3, -0.25) is 8.74 Å². The molecule has 0 saturated carbocycles. The van der Waals surface area contributed by atoms with Crippen molar-refractivity contribution in [3.8, 4) is 0 Å². The second-order valence-corrected chi connectivity index (χ2v) is 6.57. The van der Waals surface area contributed by atoms with Crippen molar-refractivity contribution < 1.29 is 8.74 Å². The highest BCUT2D eigenvalue weighted by Crippen LogP contribution is 2.51. The lowest BCUT2D eigenvalue weighted by atomic mass is 10.0. The Kier molecular flexibility index (Phi) is 3.05. The van der Waals surface area contributed by atoms with Gasteiger partial charge in [0, 0.05) is 5.75 Å². The zero-order valence-electron chi connectivity index (χ0n) is 9.32. The van der Waals surface area contributed by atoms with Crippen LogP contribution in [0.25, 0.3) is 0 Å². The summed E-state index contributed by atoms with van der Waals surface area (Å²) < 4.78 is 15.3. The molecule has 0 aromatic heterocycles. The maximum Gasteiger partial charge on any atom is 0.0629 e. The van der Waals surface area contributed by atoms with Crippen LogP contribution in [0.3, 0.4) is 0 Å². The summed E-state index contributed by atoms with van der Waals surface area (Å²) in [7, 11) is -0.199. The van der Waals surface area contributed by atoms with Crippen LogP contribution in [0.15, 0.2) is 18.2 Å². The van der Waals surface area contributed by atoms with Crippen LogP contribution in [0.1, 0.15) is 23.6 Å². The monoisotopic (exact) mass is 226 g/mol. The fraction of sp³-hybridized carbons (Fsp3) is 0.500. The third-order valence-electron chi connectivity index (χ3n) is 3.06. The Labute approximate surface area is 93.0 Å². The van der Waals surface area contributed by atoms with E-state index in [0.717, 1.165) is 18.6 Å². The molecule has 1 atom stereocenters. The highest BCUT2D eigenvalue weighted by molar-refractivity contribution is 8.24. The maximum absolute atomic E-state index is 10.1. The van der Waals surface area contributed by atoms with Gasteiger partial charge in [-0.15, -0.1) is 0 Å². The number of fused-ring (bicyclic) bond motifs is 1. The van der Waals surface area contributed by atoms with Gasteiger partial charge in [0.15, 0.2) is 0 Å². The van der Waals surface area contributed by atoms with Crippen LogP contribution in [0, 0.1) is 0 Å². The minimum atomic E-state index is -1.81. The summed E-state index contributed by atoms with van der Waals surface area (Å²) in [5.74, 6) is 1.48. The van der Waals surface area contributed by atoms with Crippen LogP contribution >= 0.6 is 10.6 Å². The number of rotatable bonds is 2. The van der Waals surface area contributed by atoms with E-state index < -0.39 is 10.6 Å². The Morgan fingerprint density at radius 2 is 2.20 bits per heavy atom. The van der Waals surface area contributed by atoms with Gasteiger partial charge in [0.1, 0.15) is 0 Å². The van der Waals surface area contributed by atoms with Gasteiger partial charge in [0.2, 0.25) is 0 Å². The van der Waals surface area contributed by atoms with Crippen molar-refractivity contribution in [1.29, 1.82) is 0 Å². The van der Waals surface area contributed by atoms with E-state index in [9.17, 15) is 4.55 Å². The molecule has 1 aliphatic heterocycles. The first-order valence-corrected chi connectivity index (χ1v) is 7.19. The molecule has 0 bridgehead atoms. The molecule has 0 radical (unpaired) electrons. The van der Waals surface area contributed by atoms with E-state index >= 15 is 0 Å². The standard InChI is InChI=1S/C12H18O2S/c1-3-10-4-5-12-9-15(13,14-2)7-6-11(12)8-10/h4-5,8,13H,3,6-7,9H2,1-2H3. The largest absolute Gasteiger partial charge is 0.299 e. The summed E-state index contributed by atoms with van der Waals surface area (Å²) in [4.78, 5) is 0. The Bertz CT molecular complexity index is 365. The molecule has 0 amide bonds. The van der Waals surface area contributed by atoms with Crippen LogP contribution in [-0.4, -0.2) is 17.4 Å². The Morgan fingerprint density at radius 3 is 2.87 bits per heavy atom. The number of hydrogen-bond acceptors (Lipinski definition) is 2. The van der Waals surface area contributed by atoms with Gasteiger partial charge in [-0.25, -0.2) is 0 Å². The molecular formula is C12H18O2S. The Morgan fingerprint density at radius 1 is 1.40 bits per heavy atom. The Hall–Kier alpha value is -0.510. The van der Waals surface area contributed by atoms with Crippen molar-refractivity contribution in [2.45, 2.75) is 25.5 Å². The average Bonchev–Trinajstić information content (AvgIpc) is 2.28. The lowest BCUT2D eigenvalue weighted by Crippen LogP contribution is -2.18. The van der Waals surface area contributed by atoms with Crippen LogP contribution in [0.4, 0.5) is 0 Å². The first kappa shape index (κ1) is 11.0. The number of benzene rings is 1. The van der Waals surface area contributed by atoms with Crippen LogP contribution < -0.4 is 0 Å². The normalized spacial score (nSPS) is 29.3. The third-order valence-corrected chi connectivity index (χ3v) is 5.29. The fourth-order valence-electron chi connectivity index (χ4n) is 2.00. The summed E-state index contributed by atoms with van der Waals surface area (Å²) in [5.41, 5.74) is 4.04.